The maximum atomic E-state index is 12.9. The number of aromatic nitrogens is 1. The summed E-state index contributed by atoms with van der Waals surface area (Å²) in [5.41, 5.74) is -0.762. The van der Waals surface area contributed by atoms with Crippen molar-refractivity contribution < 1.29 is 22.7 Å². The first-order valence-corrected chi connectivity index (χ1v) is 6.77. The summed E-state index contributed by atoms with van der Waals surface area (Å²) < 4.78 is 44.8. The molecule has 0 fully saturated rings. The summed E-state index contributed by atoms with van der Waals surface area (Å²) in [5, 5.41) is 2.46. The van der Waals surface area contributed by atoms with Gasteiger partial charge in [0.25, 0.3) is 0 Å². The Balaban J connectivity index is 2.67. The fourth-order valence-corrected chi connectivity index (χ4v) is 1.91. The van der Waals surface area contributed by atoms with Crippen molar-refractivity contribution in [3.63, 3.8) is 0 Å². The fraction of sp³-hybridized carbons (Fsp3) is 0.643. The van der Waals surface area contributed by atoms with Gasteiger partial charge in [-0.1, -0.05) is 6.92 Å². The molecule has 0 saturated heterocycles. The number of carbonyl (C=O) groups excluding carboxylic acids is 1. The van der Waals surface area contributed by atoms with Crippen molar-refractivity contribution in [1.29, 1.82) is 0 Å². The zero-order valence-electron chi connectivity index (χ0n) is 12.7. The van der Waals surface area contributed by atoms with Gasteiger partial charge in [-0.25, -0.2) is 4.79 Å². The van der Waals surface area contributed by atoms with Gasteiger partial charge in [-0.05, 0) is 39.3 Å². The highest BCUT2D eigenvalue weighted by atomic mass is 19.4. The van der Waals surface area contributed by atoms with E-state index in [1.807, 2.05) is 0 Å². The minimum Gasteiger partial charge on any atom is -0.444 e. The van der Waals surface area contributed by atoms with E-state index in [0.717, 1.165) is 6.07 Å². The van der Waals surface area contributed by atoms with Gasteiger partial charge in [0, 0.05) is 18.8 Å². The molecule has 21 heavy (non-hydrogen) atoms. The fourth-order valence-electron chi connectivity index (χ4n) is 1.91. The van der Waals surface area contributed by atoms with E-state index in [2.05, 4.69) is 5.32 Å². The largest absolute Gasteiger partial charge is 0.444 e. The van der Waals surface area contributed by atoms with Crippen LogP contribution in [0.1, 0.15) is 39.1 Å². The molecule has 1 aromatic rings. The highest BCUT2D eigenvalue weighted by molar-refractivity contribution is 5.67. The number of nitrogens with one attached hydrogen (secondary N) is 1. The van der Waals surface area contributed by atoms with Gasteiger partial charge in [0.15, 0.2) is 0 Å². The summed E-state index contributed by atoms with van der Waals surface area (Å²) in [7, 11) is 0. The lowest BCUT2D eigenvalue weighted by molar-refractivity contribution is -0.143. The van der Waals surface area contributed by atoms with Crippen molar-refractivity contribution in [2.75, 3.05) is 6.54 Å². The van der Waals surface area contributed by atoms with Gasteiger partial charge in [0.05, 0.1) is 0 Å². The topological polar surface area (TPSA) is 43.3 Å². The first-order valence-electron chi connectivity index (χ1n) is 6.77. The summed E-state index contributed by atoms with van der Waals surface area (Å²) in [4.78, 5) is 11.5. The average Bonchev–Trinajstić information content (AvgIpc) is 2.69. The monoisotopic (exact) mass is 306 g/mol. The summed E-state index contributed by atoms with van der Waals surface area (Å²) in [6.45, 7) is 7.05. The van der Waals surface area contributed by atoms with Crippen LogP contribution in [-0.4, -0.2) is 22.8 Å². The van der Waals surface area contributed by atoms with Gasteiger partial charge in [-0.15, -0.1) is 0 Å². The molecule has 4 nitrogen and oxygen atoms in total. The average molecular weight is 306 g/mol. The third-order valence-electron chi connectivity index (χ3n) is 2.73. The Labute approximate surface area is 122 Å². The third kappa shape index (κ3) is 5.32. The third-order valence-corrected chi connectivity index (χ3v) is 2.73. The molecule has 0 aliphatic rings. The first-order chi connectivity index (χ1) is 9.54. The van der Waals surface area contributed by atoms with E-state index < -0.39 is 23.6 Å². The van der Waals surface area contributed by atoms with Crippen LogP contribution in [0.2, 0.25) is 0 Å². The van der Waals surface area contributed by atoms with Crippen molar-refractivity contribution in [2.45, 2.75) is 52.4 Å². The molecule has 1 rings (SSSR count). The van der Waals surface area contributed by atoms with Crippen LogP contribution < -0.4 is 5.32 Å². The van der Waals surface area contributed by atoms with Gasteiger partial charge in [0.2, 0.25) is 0 Å². The van der Waals surface area contributed by atoms with Gasteiger partial charge in [-0.2, -0.15) is 13.2 Å². The van der Waals surface area contributed by atoms with E-state index in [4.69, 9.17) is 4.74 Å². The first kappa shape index (κ1) is 17.4. The van der Waals surface area contributed by atoms with Crippen molar-refractivity contribution in [1.82, 2.24) is 9.88 Å². The highest BCUT2D eigenvalue weighted by Gasteiger charge is 2.34. The number of nitrogens with zero attached hydrogens (tertiary/aromatic N) is 1. The van der Waals surface area contributed by atoms with Crippen LogP contribution in [0, 0.1) is 0 Å². The second kappa shape index (κ2) is 6.41. The minimum atomic E-state index is -4.40. The van der Waals surface area contributed by atoms with Gasteiger partial charge >= 0.3 is 12.3 Å². The molecular weight excluding hydrogens is 285 g/mol. The predicted octanol–water partition coefficient (Wildman–Crippen LogP) is 3.59. The van der Waals surface area contributed by atoms with Crippen molar-refractivity contribution in [3.8, 4) is 0 Å². The van der Waals surface area contributed by atoms with Crippen LogP contribution in [-0.2, 0) is 23.9 Å². The number of alkyl halides is 3. The molecule has 0 aliphatic carbocycles. The van der Waals surface area contributed by atoms with E-state index in [1.54, 1.807) is 27.7 Å². The number of ether oxygens (including phenoxy) is 1. The smallest absolute Gasteiger partial charge is 0.431 e. The number of alkyl carbamates (subject to hydrolysis) is 1. The van der Waals surface area contributed by atoms with E-state index in [-0.39, 0.29) is 13.1 Å². The molecule has 0 saturated carbocycles. The van der Waals surface area contributed by atoms with Crippen LogP contribution in [0.15, 0.2) is 12.1 Å². The second-order valence-electron chi connectivity index (χ2n) is 5.64. The maximum Gasteiger partial charge on any atom is 0.431 e. The van der Waals surface area contributed by atoms with E-state index >= 15 is 0 Å². The summed E-state index contributed by atoms with van der Waals surface area (Å²) in [6, 6.07) is 2.52. The van der Waals surface area contributed by atoms with E-state index in [1.165, 1.54) is 10.6 Å². The van der Waals surface area contributed by atoms with Crippen LogP contribution >= 0.6 is 0 Å². The molecule has 0 aliphatic heterocycles. The molecule has 1 amide bonds. The van der Waals surface area contributed by atoms with Crippen LogP contribution in [0.25, 0.3) is 0 Å². The highest BCUT2D eigenvalue weighted by Crippen LogP contribution is 2.31. The van der Waals surface area contributed by atoms with E-state index in [0.29, 0.717) is 12.1 Å². The zero-order chi connectivity index (χ0) is 16.3. The quantitative estimate of drug-likeness (QED) is 0.923. The summed E-state index contributed by atoms with van der Waals surface area (Å²) in [6.07, 6.45) is -4.55. The van der Waals surface area contributed by atoms with Crippen LogP contribution in [0.5, 0.6) is 0 Å². The molecule has 0 radical (unpaired) electrons. The Morgan fingerprint density at radius 1 is 1.29 bits per heavy atom. The van der Waals surface area contributed by atoms with Crippen LogP contribution in [0.4, 0.5) is 18.0 Å². The molecule has 0 spiro atoms. The lowest BCUT2D eigenvalue weighted by Crippen LogP contribution is -2.34. The molecule has 7 heteroatoms. The molecule has 0 atom stereocenters. The standard InChI is InChI=1S/C14H21F3N2O2/c1-5-10-6-7-11(14(15,16)17)19(10)9-8-18-12(20)21-13(2,3)4/h6-7H,5,8-9H2,1-4H3,(H,18,20). The Morgan fingerprint density at radius 3 is 2.38 bits per heavy atom. The van der Waals surface area contributed by atoms with Gasteiger partial charge < -0.3 is 14.6 Å². The molecule has 1 aromatic heterocycles. The Kier molecular flexibility index (Phi) is 5.31. The summed E-state index contributed by atoms with van der Waals surface area (Å²) >= 11 is 0. The zero-order valence-corrected chi connectivity index (χ0v) is 12.7. The Hall–Kier alpha value is -1.66. The van der Waals surface area contributed by atoms with Crippen molar-refractivity contribution in [3.05, 3.63) is 23.5 Å². The predicted molar refractivity (Wildman–Crippen MR) is 73.0 cm³/mol. The second-order valence-corrected chi connectivity index (χ2v) is 5.64. The minimum absolute atomic E-state index is 0.0459. The SMILES string of the molecule is CCc1ccc(C(F)(F)F)n1CCNC(=O)OC(C)(C)C. The molecule has 0 aromatic carbocycles. The number of aryl methyl sites for hydroxylation is 1. The number of hydrogen-bond donors (Lipinski definition) is 1. The lowest BCUT2D eigenvalue weighted by Gasteiger charge is -2.20. The lowest BCUT2D eigenvalue weighted by atomic mass is 10.2. The molecule has 1 N–H and O–H groups in total. The van der Waals surface area contributed by atoms with Crippen molar-refractivity contribution >= 4 is 6.09 Å². The van der Waals surface area contributed by atoms with Crippen LogP contribution in [0.3, 0.4) is 0 Å². The number of hydrogen-bond acceptors (Lipinski definition) is 2. The van der Waals surface area contributed by atoms with Gasteiger partial charge in [0.1, 0.15) is 11.3 Å². The normalized spacial score (nSPS) is 12.3. The number of amides is 1. The van der Waals surface area contributed by atoms with Crippen molar-refractivity contribution in [2.24, 2.45) is 0 Å². The van der Waals surface area contributed by atoms with E-state index in [9.17, 15) is 18.0 Å². The molecule has 0 bridgehead atoms. The molecule has 0 unspecified atom stereocenters. The molecule has 120 valence electrons. The summed E-state index contributed by atoms with van der Waals surface area (Å²) in [5.74, 6) is 0. The Morgan fingerprint density at radius 2 is 1.90 bits per heavy atom. The van der Waals surface area contributed by atoms with Gasteiger partial charge in [-0.3, -0.25) is 0 Å². The number of rotatable bonds is 4. The molecule has 1 heterocycles. The number of carbonyl (C=O) groups is 1. The number of halogens is 3. The Bertz CT molecular complexity index is 487. The molecular formula is C14H21F3N2O2. The maximum absolute atomic E-state index is 12.9.